The van der Waals surface area contributed by atoms with Gasteiger partial charge < -0.3 is 14.6 Å². The van der Waals surface area contributed by atoms with Crippen molar-refractivity contribution in [3.63, 3.8) is 0 Å². The summed E-state index contributed by atoms with van der Waals surface area (Å²) in [5.74, 6) is 1.21. The number of nitrogens with zero attached hydrogens (tertiary/aromatic N) is 3. The highest BCUT2D eigenvalue weighted by atomic mass is 32.2. The van der Waals surface area contributed by atoms with E-state index in [1.165, 1.54) is 0 Å². The van der Waals surface area contributed by atoms with E-state index >= 15 is 0 Å². The minimum Gasteiger partial charge on any atom is -0.396 e. The van der Waals surface area contributed by atoms with Crippen LogP contribution in [-0.2, 0) is 9.47 Å². The minimum atomic E-state index is -0.728. The molecule has 0 amide bonds. The second-order valence-corrected chi connectivity index (χ2v) is 7.93. The van der Waals surface area contributed by atoms with Gasteiger partial charge in [0.1, 0.15) is 6.10 Å². The third kappa shape index (κ3) is 4.72. The van der Waals surface area contributed by atoms with Crippen molar-refractivity contribution >= 4 is 23.5 Å². The van der Waals surface area contributed by atoms with Crippen molar-refractivity contribution in [2.75, 3.05) is 18.1 Å². The van der Waals surface area contributed by atoms with Crippen LogP contribution >= 0.6 is 23.5 Å². The van der Waals surface area contributed by atoms with Gasteiger partial charge in [-0.3, -0.25) is 0 Å². The molecule has 1 aliphatic heterocycles. The summed E-state index contributed by atoms with van der Waals surface area (Å²) < 4.78 is 12.1. The van der Waals surface area contributed by atoms with Crippen molar-refractivity contribution in [3.8, 4) is 0 Å². The maximum atomic E-state index is 9.43. The summed E-state index contributed by atoms with van der Waals surface area (Å²) in [5, 5.41) is 13.1. The largest absolute Gasteiger partial charge is 0.396 e. The fourth-order valence-electron chi connectivity index (χ4n) is 2.16. The third-order valence-electron chi connectivity index (χ3n) is 2.86. The van der Waals surface area contributed by atoms with Crippen LogP contribution in [0.3, 0.4) is 0 Å². The second kappa shape index (κ2) is 8.36. The number of hydrogen-bond acceptors (Lipinski definition) is 6. The summed E-state index contributed by atoms with van der Waals surface area (Å²) in [5.41, 5.74) is 8.63. The zero-order chi connectivity index (χ0) is 15.2. The van der Waals surface area contributed by atoms with Gasteiger partial charge in [0.2, 0.25) is 0 Å². The van der Waals surface area contributed by atoms with E-state index in [0.29, 0.717) is 0 Å². The molecule has 0 aromatic rings. The molecular weight excluding hydrogens is 298 g/mol. The van der Waals surface area contributed by atoms with E-state index in [9.17, 15) is 5.11 Å². The molecule has 0 unspecified atom stereocenters. The first-order chi connectivity index (χ1) is 9.49. The number of aliphatic hydroxyl groups excluding tert-OH is 1. The smallest absolute Gasteiger partial charge is 0.163 e. The summed E-state index contributed by atoms with van der Waals surface area (Å²) >= 11 is 3.58. The molecule has 1 aliphatic rings. The molecule has 8 heteroatoms. The number of ether oxygens (including phenoxy) is 2. The molecule has 20 heavy (non-hydrogen) atoms. The number of azide groups is 1. The second-order valence-electron chi connectivity index (χ2n) is 4.80. The van der Waals surface area contributed by atoms with Crippen molar-refractivity contribution in [1.29, 1.82) is 0 Å². The fourth-order valence-corrected chi connectivity index (χ4v) is 4.82. The molecule has 0 radical (unpaired) electrons. The van der Waals surface area contributed by atoms with E-state index in [1.54, 1.807) is 23.5 Å². The molecule has 0 saturated carbocycles. The Morgan fingerprint density at radius 3 is 2.25 bits per heavy atom. The number of rotatable bonds is 8. The van der Waals surface area contributed by atoms with Gasteiger partial charge in [-0.25, -0.2) is 0 Å². The molecule has 3 atom stereocenters. The Balaban J connectivity index is 2.95. The molecule has 1 heterocycles. The average molecular weight is 321 g/mol. The van der Waals surface area contributed by atoms with Crippen molar-refractivity contribution in [2.24, 2.45) is 5.11 Å². The van der Waals surface area contributed by atoms with E-state index in [1.807, 2.05) is 13.8 Å². The number of aliphatic hydroxyl groups is 1. The molecule has 1 N–H and O–H groups in total. The van der Waals surface area contributed by atoms with Gasteiger partial charge in [-0.2, -0.15) is 0 Å². The molecule has 1 rings (SSSR count). The molecule has 0 aliphatic carbocycles. The van der Waals surface area contributed by atoms with Crippen LogP contribution in [0.1, 0.15) is 27.7 Å². The molecule has 6 nitrogen and oxygen atoms in total. The van der Waals surface area contributed by atoms with Crippen LogP contribution in [0.15, 0.2) is 5.11 Å². The van der Waals surface area contributed by atoms with Gasteiger partial charge in [0, 0.05) is 4.91 Å². The average Bonchev–Trinajstić information content (AvgIpc) is 2.71. The normalized spacial score (nSPS) is 26.5. The standard InChI is InChI=1S/C12H23N3O3S2/c1-5-19-11(20-6-2)10-9(8(7-16)14-15-13)17-12(3,4)18-10/h8-11,16H,5-7H2,1-4H3/t8-,9+,10-/m1/s1. The van der Waals surface area contributed by atoms with Gasteiger partial charge in [-0.15, -0.1) is 23.5 Å². The molecular formula is C12H23N3O3S2. The highest BCUT2D eigenvalue weighted by Gasteiger charge is 2.48. The van der Waals surface area contributed by atoms with Gasteiger partial charge >= 0.3 is 0 Å². The maximum absolute atomic E-state index is 9.43. The molecule has 116 valence electrons. The highest BCUT2D eigenvalue weighted by Crippen LogP contribution is 2.40. The van der Waals surface area contributed by atoms with E-state index in [-0.39, 0.29) is 17.3 Å². The van der Waals surface area contributed by atoms with Crippen LogP contribution < -0.4 is 0 Å². The molecule has 1 fully saturated rings. The quantitative estimate of drug-likeness (QED) is 0.321. The topological polar surface area (TPSA) is 87.5 Å². The lowest BCUT2D eigenvalue weighted by atomic mass is 10.1. The summed E-state index contributed by atoms with van der Waals surface area (Å²) in [4.78, 5) is 2.80. The monoisotopic (exact) mass is 321 g/mol. The van der Waals surface area contributed by atoms with E-state index in [4.69, 9.17) is 15.0 Å². The predicted octanol–water partition coefficient (Wildman–Crippen LogP) is 3.01. The first kappa shape index (κ1) is 17.9. The van der Waals surface area contributed by atoms with Gasteiger partial charge in [0.25, 0.3) is 0 Å². The zero-order valence-corrected chi connectivity index (χ0v) is 14.0. The van der Waals surface area contributed by atoms with Gasteiger partial charge in [-0.05, 0) is 30.9 Å². The highest BCUT2D eigenvalue weighted by molar-refractivity contribution is 8.17. The Morgan fingerprint density at radius 2 is 1.80 bits per heavy atom. The van der Waals surface area contributed by atoms with Crippen LogP contribution in [0.25, 0.3) is 10.4 Å². The SMILES string of the molecule is CCSC(SCC)[C@@H]1OC(C)(C)O[C@H]1[C@@H](CO)N=[N+]=[N-]. The molecule has 0 bridgehead atoms. The van der Waals surface area contributed by atoms with E-state index in [0.717, 1.165) is 11.5 Å². The third-order valence-corrected chi connectivity index (χ3v) is 5.54. The predicted molar refractivity (Wildman–Crippen MR) is 83.9 cm³/mol. The van der Waals surface area contributed by atoms with Crippen molar-refractivity contribution in [1.82, 2.24) is 0 Å². The van der Waals surface area contributed by atoms with Crippen molar-refractivity contribution in [3.05, 3.63) is 10.4 Å². The number of hydrogen-bond donors (Lipinski definition) is 1. The van der Waals surface area contributed by atoms with Gasteiger partial charge in [0.05, 0.1) is 23.3 Å². The van der Waals surface area contributed by atoms with Crippen LogP contribution in [-0.4, -0.2) is 51.8 Å². The van der Waals surface area contributed by atoms with E-state index < -0.39 is 17.9 Å². The number of thioether (sulfide) groups is 2. The summed E-state index contributed by atoms with van der Waals surface area (Å²) in [6, 6.07) is -0.621. The van der Waals surface area contributed by atoms with Crippen LogP contribution in [0.4, 0.5) is 0 Å². The first-order valence-electron chi connectivity index (χ1n) is 6.73. The van der Waals surface area contributed by atoms with E-state index in [2.05, 4.69) is 23.9 Å². The lowest BCUT2D eigenvalue weighted by molar-refractivity contribution is -0.147. The van der Waals surface area contributed by atoms with Crippen LogP contribution in [0.2, 0.25) is 0 Å². The Bertz CT molecular complexity index is 345. The molecule has 1 saturated heterocycles. The summed E-state index contributed by atoms with van der Waals surface area (Å²) in [6.45, 7) is 7.64. The van der Waals surface area contributed by atoms with Gasteiger partial charge in [-0.1, -0.05) is 19.0 Å². The fraction of sp³-hybridized carbons (Fsp3) is 1.00. The summed E-state index contributed by atoms with van der Waals surface area (Å²) in [7, 11) is 0. The minimum absolute atomic E-state index is 0.194. The lowest BCUT2D eigenvalue weighted by Crippen LogP contribution is -2.41. The molecule has 0 spiro atoms. The van der Waals surface area contributed by atoms with Crippen molar-refractivity contribution < 1.29 is 14.6 Å². The Hall–Kier alpha value is -0.110. The Kier molecular flexibility index (Phi) is 7.50. The van der Waals surface area contributed by atoms with Gasteiger partial charge in [0.15, 0.2) is 5.79 Å². The maximum Gasteiger partial charge on any atom is 0.163 e. The van der Waals surface area contributed by atoms with Crippen LogP contribution in [0.5, 0.6) is 0 Å². The lowest BCUT2D eigenvalue weighted by Gasteiger charge is -2.27. The molecule has 0 aromatic heterocycles. The van der Waals surface area contributed by atoms with Crippen molar-refractivity contribution in [2.45, 2.75) is 56.3 Å². The Labute approximate surface area is 128 Å². The Morgan fingerprint density at radius 1 is 1.25 bits per heavy atom. The van der Waals surface area contributed by atoms with Crippen LogP contribution in [0, 0.1) is 0 Å². The summed E-state index contributed by atoms with van der Waals surface area (Å²) in [6.07, 6.45) is -0.628. The zero-order valence-electron chi connectivity index (χ0n) is 12.4. The first-order valence-corrected chi connectivity index (χ1v) is 8.82. The molecule has 0 aromatic carbocycles.